The van der Waals surface area contributed by atoms with E-state index < -0.39 is 11.9 Å². The van der Waals surface area contributed by atoms with Gasteiger partial charge in [0.1, 0.15) is 0 Å². The van der Waals surface area contributed by atoms with Crippen molar-refractivity contribution in [3.8, 4) is 0 Å². The fraction of sp³-hybridized carbons (Fsp3) is 0.714. The van der Waals surface area contributed by atoms with Crippen molar-refractivity contribution in [3.05, 3.63) is 5.53 Å². The van der Waals surface area contributed by atoms with Crippen LogP contribution in [0.5, 0.6) is 0 Å². The van der Waals surface area contributed by atoms with Gasteiger partial charge in [-0.3, -0.25) is 5.11 Å². The molecule has 0 rings (SSSR count). The first-order valence-electron chi connectivity index (χ1n) is 3.83. The molecule has 0 heterocycles. The van der Waals surface area contributed by atoms with Crippen molar-refractivity contribution in [2.75, 3.05) is 6.61 Å². The molecule has 0 unspecified atom stereocenters. The highest BCUT2D eigenvalue weighted by Gasteiger charge is 2.17. The van der Waals surface area contributed by atoms with Crippen LogP contribution in [0.2, 0.25) is 0 Å². The number of rotatable bonds is 4. The lowest BCUT2D eigenvalue weighted by Crippen LogP contribution is -2.71. The summed E-state index contributed by atoms with van der Waals surface area (Å²) in [5.74, 6) is -2.18. The van der Waals surface area contributed by atoms with Crippen molar-refractivity contribution < 1.29 is 19.4 Å². The van der Waals surface area contributed by atoms with Gasteiger partial charge in [0, 0.05) is 0 Å². The topological polar surface area (TPSA) is 79.6 Å². The van der Waals surface area contributed by atoms with Crippen molar-refractivity contribution in [2.24, 2.45) is 0 Å². The van der Waals surface area contributed by atoms with Crippen molar-refractivity contribution in [1.29, 1.82) is 0 Å². The Labute approximate surface area is 70.6 Å². The first-order chi connectivity index (χ1) is 5.72. The third-order valence-electron chi connectivity index (χ3n) is 1.27. The minimum Gasteiger partial charge on any atom is -0.499 e. The first kappa shape index (κ1) is 10.7. The Balaban J connectivity index is 3.44. The zero-order valence-electron chi connectivity index (χ0n) is 7.00. The van der Waals surface area contributed by atoms with Crippen LogP contribution in [0.1, 0.15) is 26.2 Å². The van der Waals surface area contributed by atoms with E-state index in [1.54, 1.807) is 0 Å². The molecule has 0 saturated heterocycles. The van der Waals surface area contributed by atoms with E-state index in [0.717, 1.165) is 19.3 Å². The summed E-state index contributed by atoms with van der Waals surface area (Å²) in [6.45, 7) is 2.24. The molecule has 5 nitrogen and oxygen atoms in total. The van der Waals surface area contributed by atoms with Crippen LogP contribution in [-0.4, -0.2) is 18.5 Å². The highest BCUT2D eigenvalue weighted by molar-refractivity contribution is 6.27. The summed E-state index contributed by atoms with van der Waals surface area (Å²) < 4.78 is 4.49. The summed E-state index contributed by atoms with van der Waals surface area (Å²) in [6, 6.07) is 0. The van der Waals surface area contributed by atoms with Crippen LogP contribution in [0.15, 0.2) is 0 Å². The lowest BCUT2D eigenvalue weighted by molar-refractivity contribution is -0.394. The smallest absolute Gasteiger partial charge is 0.484 e. The van der Waals surface area contributed by atoms with Gasteiger partial charge in [-0.1, -0.05) is 19.8 Å². The maximum absolute atomic E-state index is 10.5. The number of hydrogen-bond donors (Lipinski definition) is 1. The third kappa shape index (κ3) is 4.54. The maximum atomic E-state index is 10.5. The molecule has 0 aliphatic rings. The molecule has 0 spiro atoms. The normalized spacial score (nSPS) is 9.08. The van der Waals surface area contributed by atoms with Gasteiger partial charge in [-0.15, -0.1) is 0 Å². The average molecular weight is 172 g/mol. The van der Waals surface area contributed by atoms with Crippen LogP contribution >= 0.6 is 0 Å². The molecule has 1 N–H and O–H groups in total. The number of nitrogens with zero attached hydrogens (tertiary/aromatic N) is 1. The zero-order valence-corrected chi connectivity index (χ0v) is 7.00. The molecular weight excluding hydrogens is 160 g/mol. The molecular formula is C7H12N2O3. The summed E-state index contributed by atoms with van der Waals surface area (Å²) >= 11 is 0. The lowest BCUT2D eigenvalue weighted by atomic mass is 10.3. The van der Waals surface area contributed by atoms with E-state index in [1.807, 2.05) is 6.92 Å². The van der Waals surface area contributed by atoms with Gasteiger partial charge in [0.15, 0.2) is 0 Å². The Hall–Kier alpha value is -1.26. The van der Waals surface area contributed by atoms with Gasteiger partial charge in [0.2, 0.25) is 0 Å². The fourth-order valence-electron chi connectivity index (χ4n) is 0.628. The van der Waals surface area contributed by atoms with Gasteiger partial charge in [-0.2, -0.15) is 0 Å². The number of ether oxygens (including phenoxy) is 1. The molecule has 0 aromatic carbocycles. The Morgan fingerprint density at radius 1 is 1.42 bits per heavy atom. The van der Waals surface area contributed by atoms with E-state index in [1.165, 1.54) is 5.11 Å². The van der Waals surface area contributed by atoms with Crippen molar-refractivity contribution in [2.45, 2.75) is 26.2 Å². The fourth-order valence-corrected chi connectivity index (χ4v) is 0.628. The van der Waals surface area contributed by atoms with Crippen molar-refractivity contribution >= 4 is 11.9 Å². The van der Waals surface area contributed by atoms with E-state index in [2.05, 4.69) is 4.74 Å². The Morgan fingerprint density at radius 3 is 2.58 bits per heavy atom. The number of unbranched alkanes of at least 4 members (excludes halogenated alkanes) is 2. The van der Waals surface area contributed by atoms with Crippen LogP contribution in [0.3, 0.4) is 0 Å². The van der Waals surface area contributed by atoms with Gasteiger partial charge in [-0.05, 0) is 6.42 Å². The average Bonchev–Trinajstić information content (AvgIpc) is 2.10. The largest absolute Gasteiger partial charge is 0.499 e. The number of nitrogens with one attached hydrogen (secondary N) is 1. The van der Waals surface area contributed by atoms with Gasteiger partial charge >= 0.3 is 11.9 Å². The van der Waals surface area contributed by atoms with E-state index in [0.29, 0.717) is 0 Å². The molecule has 1 amide bonds. The molecule has 0 aliphatic carbocycles. The monoisotopic (exact) mass is 172 g/mol. The van der Waals surface area contributed by atoms with Crippen LogP contribution in [-0.2, 0) is 14.3 Å². The molecule has 0 bridgehead atoms. The van der Waals surface area contributed by atoms with Crippen molar-refractivity contribution in [3.63, 3.8) is 0 Å². The summed E-state index contributed by atoms with van der Waals surface area (Å²) in [5.41, 5.74) is 8.01. The molecule has 12 heavy (non-hydrogen) atoms. The molecule has 5 heteroatoms. The molecule has 0 fully saturated rings. The van der Waals surface area contributed by atoms with Crippen molar-refractivity contribution in [1.82, 2.24) is 0 Å². The van der Waals surface area contributed by atoms with Crippen LogP contribution in [0, 0.1) is 0 Å². The molecule has 0 saturated carbocycles. The number of esters is 1. The number of amides is 1. The van der Waals surface area contributed by atoms with Gasteiger partial charge in [-0.25, -0.2) is 9.59 Å². The highest BCUT2D eigenvalue weighted by atomic mass is 16.5. The minimum atomic E-state index is -1.13. The van der Waals surface area contributed by atoms with E-state index >= 15 is 0 Å². The van der Waals surface area contributed by atoms with Gasteiger partial charge in [0.05, 0.1) is 6.61 Å². The summed E-state index contributed by atoms with van der Waals surface area (Å²) in [4.78, 5) is 20.9. The molecule has 0 atom stereocenters. The molecule has 0 aliphatic heterocycles. The number of carbonyl (C=O) groups excluding carboxylic acids is 2. The van der Waals surface area contributed by atoms with Crippen LogP contribution < -0.4 is 5.11 Å². The number of carbonyl (C=O) groups is 2. The second kappa shape index (κ2) is 6.45. The van der Waals surface area contributed by atoms with E-state index in [4.69, 9.17) is 5.53 Å². The predicted molar refractivity (Wildman–Crippen MR) is 39.8 cm³/mol. The molecule has 0 aromatic heterocycles. The SMILES string of the molecule is CCCCCOC(=O)C(=O)[NH+]=[N-]. The predicted octanol–water partition coefficient (Wildman–Crippen LogP) is -0.651. The maximum Gasteiger partial charge on any atom is 0.484 e. The molecule has 68 valence electrons. The highest BCUT2D eigenvalue weighted by Crippen LogP contribution is 1.93. The zero-order chi connectivity index (χ0) is 9.40. The number of hydrogen-bond acceptors (Lipinski definition) is 3. The lowest BCUT2D eigenvalue weighted by Gasteiger charge is -1.98. The van der Waals surface area contributed by atoms with Crippen LogP contribution in [0.4, 0.5) is 0 Å². The second-order valence-electron chi connectivity index (χ2n) is 2.28. The Kier molecular flexibility index (Phi) is 5.77. The minimum absolute atomic E-state index is 0.222. The molecule has 0 radical (unpaired) electrons. The first-order valence-corrected chi connectivity index (χ1v) is 3.83. The summed E-state index contributed by atoms with van der Waals surface area (Å²) in [7, 11) is 0. The quantitative estimate of drug-likeness (QED) is 0.265. The van der Waals surface area contributed by atoms with Gasteiger partial charge in [0.25, 0.3) is 0 Å². The van der Waals surface area contributed by atoms with Gasteiger partial charge < -0.3 is 10.3 Å². The second-order valence-corrected chi connectivity index (χ2v) is 2.28. The van der Waals surface area contributed by atoms with E-state index in [9.17, 15) is 9.59 Å². The summed E-state index contributed by atoms with van der Waals surface area (Å²) in [6.07, 6.45) is 2.71. The van der Waals surface area contributed by atoms with Crippen LogP contribution in [0.25, 0.3) is 5.53 Å². The third-order valence-corrected chi connectivity index (χ3v) is 1.27. The van der Waals surface area contributed by atoms with E-state index in [-0.39, 0.29) is 6.61 Å². The standard InChI is InChI=1S/C7H12N2O3/c1-2-3-4-5-12-7(11)6(10)9-8/h9H,2-5H2,1H3. The Morgan fingerprint density at radius 2 is 2.08 bits per heavy atom. The Bertz CT molecular complexity index is 179. The molecule has 0 aromatic rings. The summed E-state index contributed by atoms with van der Waals surface area (Å²) in [5, 5.41) is 1.19.